The van der Waals surface area contributed by atoms with E-state index in [-0.39, 0.29) is 11.8 Å². The number of Topliss-reactive ketones (excluding diaryl/α,β-unsaturated/α-hetero) is 1. The molecule has 0 fully saturated rings. The van der Waals surface area contributed by atoms with E-state index in [0.29, 0.717) is 106 Å². The van der Waals surface area contributed by atoms with Crippen LogP contribution in [0, 0.1) is 0 Å². The van der Waals surface area contributed by atoms with Crippen LogP contribution in [0.4, 0.5) is 11.8 Å². The third-order valence-electron chi connectivity index (χ3n) is 7.27. The van der Waals surface area contributed by atoms with Gasteiger partial charge in [-0.3, -0.25) is 4.79 Å². The molecule has 0 aliphatic heterocycles. The molecule has 5 aromatic rings. The van der Waals surface area contributed by atoms with E-state index < -0.39 is 0 Å². The lowest BCUT2D eigenvalue weighted by atomic mass is 10.0. The molecule has 3 heterocycles. The molecule has 4 N–H and O–H groups in total. The lowest BCUT2D eigenvalue weighted by molar-refractivity contribution is -0.120. The lowest BCUT2D eigenvalue weighted by Crippen LogP contribution is -2.13. The fourth-order valence-corrected chi connectivity index (χ4v) is 4.92. The summed E-state index contributed by atoms with van der Waals surface area (Å²) in [7, 11) is 0. The smallest absolute Gasteiger partial charge is 0.292 e. The first-order valence-electron chi connectivity index (χ1n) is 15.6. The van der Waals surface area contributed by atoms with Crippen LogP contribution in [-0.2, 0) is 36.7 Å². The number of aromatic nitrogens is 5. The van der Waals surface area contributed by atoms with Crippen LogP contribution in [0.25, 0.3) is 33.4 Å². The number of benzene rings is 2. The van der Waals surface area contributed by atoms with E-state index in [9.17, 15) is 4.79 Å². The number of fused-ring (bicyclic) bond motifs is 2. The fraction of sp³-hybridized carbons (Fsp3) is 0.424. The van der Waals surface area contributed by atoms with Crippen molar-refractivity contribution in [1.82, 2.24) is 24.7 Å². The van der Waals surface area contributed by atoms with Gasteiger partial charge in [-0.2, -0.15) is 10.1 Å². The first kappa shape index (κ1) is 32.9. The molecule has 0 spiro atoms. The predicted octanol–water partition coefficient (Wildman–Crippen LogP) is 4.22. The van der Waals surface area contributed by atoms with E-state index in [1.807, 2.05) is 41.1 Å². The van der Waals surface area contributed by atoms with Gasteiger partial charge in [0.1, 0.15) is 29.1 Å². The molecular weight excluding hydrogens is 590 g/mol. The second-order valence-electron chi connectivity index (χ2n) is 10.8. The van der Waals surface area contributed by atoms with Crippen molar-refractivity contribution in [3.8, 4) is 11.3 Å². The quantitative estimate of drug-likeness (QED) is 0.117. The average Bonchev–Trinajstić information content (AvgIpc) is 3.62. The molecule has 0 unspecified atom stereocenters. The maximum absolute atomic E-state index is 12.4. The topological polar surface area (TPSA) is 176 Å². The highest BCUT2D eigenvalue weighted by atomic mass is 16.6. The Kier molecular flexibility index (Phi) is 12.0. The zero-order valence-corrected chi connectivity index (χ0v) is 26.2. The van der Waals surface area contributed by atoms with Crippen molar-refractivity contribution >= 4 is 39.7 Å². The molecule has 0 amide bonds. The van der Waals surface area contributed by atoms with Gasteiger partial charge in [-0.05, 0) is 42.2 Å². The van der Waals surface area contributed by atoms with Gasteiger partial charge in [-0.25, -0.2) is 14.6 Å². The standard InChI is InChI=1S/C33H41N7O6/c1-2-12-42-14-16-44-18-19-45-17-15-43-13-11-26(41)9-7-23-3-5-24(6-4-23)21-40-32-29(31(34)36-22-37-32)30(39-40)25-8-10-28-27(20-25)38-33(35)46-28/h3-6,8,10,20,22H,2,7,9,11-19,21H2,1H3,(H2,35,38)(H2,34,36,37). The predicted molar refractivity (Wildman–Crippen MR) is 174 cm³/mol. The maximum Gasteiger partial charge on any atom is 0.292 e. The van der Waals surface area contributed by atoms with E-state index in [1.54, 1.807) is 6.07 Å². The monoisotopic (exact) mass is 631 g/mol. The Morgan fingerprint density at radius 3 is 2.22 bits per heavy atom. The number of nitrogen functional groups attached to an aromatic ring is 2. The highest BCUT2D eigenvalue weighted by Gasteiger charge is 2.18. The summed E-state index contributed by atoms with van der Waals surface area (Å²) in [6, 6.07) is 13.8. The van der Waals surface area contributed by atoms with Gasteiger partial charge in [0, 0.05) is 25.0 Å². The number of ether oxygens (including phenoxy) is 4. The molecule has 0 saturated heterocycles. The number of carbonyl (C=O) groups is 1. The number of rotatable bonds is 20. The maximum atomic E-state index is 12.4. The number of nitrogens with two attached hydrogens (primary N) is 2. The lowest BCUT2D eigenvalue weighted by Gasteiger charge is -2.07. The van der Waals surface area contributed by atoms with Gasteiger partial charge >= 0.3 is 0 Å². The minimum absolute atomic E-state index is 0.103. The van der Waals surface area contributed by atoms with Gasteiger partial charge in [0.2, 0.25) is 0 Å². The number of oxazole rings is 1. The zero-order valence-electron chi connectivity index (χ0n) is 26.2. The van der Waals surface area contributed by atoms with Crippen molar-refractivity contribution in [2.45, 2.75) is 39.2 Å². The van der Waals surface area contributed by atoms with E-state index in [1.165, 1.54) is 6.33 Å². The molecule has 0 aliphatic carbocycles. The summed E-state index contributed by atoms with van der Waals surface area (Å²) in [5.74, 6) is 0.512. The normalized spacial score (nSPS) is 11.6. The molecule has 46 heavy (non-hydrogen) atoms. The molecule has 0 bridgehead atoms. The number of ketones is 1. The molecule has 5 rings (SSSR count). The number of aryl methyl sites for hydroxylation is 1. The first-order valence-corrected chi connectivity index (χ1v) is 15.6. The number of hydrogen-bond acceptors (Lipinski definition) is 12. The highest BCUT2D eigenvalue weighted by molar-refractivity contribution is 5.99. The zero-order chi connectivity index (χ0) is 32.1. The van der Waals surface area contributed by atoms with Crippen LogP contribution in [0.15, 0.2) is 53.2 Å². The Morgan fingerprint density at radius 1 is 0.826 bits per heavy atom. The Hall–Kier alpha value is -4.43. The van der Waals surface area contributed by atoms with E-state index in [0.717, 1.165) is 29.7 Å². The summed E-state index contributed by atoms with van der Waals surface area (Å²) < 4.78 is 29.0. The van der Waals surface area contributed by atoms with Crippen LogP contribution in [0.2, 0.25) is 0 Å². The number of anilines is 2. The fourth-order valence-electron chi connectivity index (χ4n) is 4.92. The molecule has 13 nitrogen and oxygen atoms in total. The second kappa shape index (κ2) is 16.8. The first-order chi connectivity index (χ1) is 22.5. The van der Waals surface area contributed by atoms with E-state index >= 15 is 0 Å². The van der Waals surface area contributed by atoms with Gasteiger partial charge in [0.25, 0.3) is 6.01 Å². The van der Waals surface area contributed by atoms with Crippen molar-refractivity contribution < 1.29 is 28.2 Å². The minimum atomic E-state index is 0.103. The Bertz CT molecular complexity index is 1700. The van der Waals surface area contributed by atoms with Crippen LogP contribution < -0.4 is 11.5 Å². The van der Waals surface area contributed by atoms with Crippen molar-refractivity contribution in [3.63, 3.8) is 0 Å². The van der Waals surface area contributed by atoms with Gasteiger partial charge in [0.15, 0.2) is 11.2 Å². The number of carbonyl (C=O) groups excluding carboxylic acids is 1. The Labute approximate surface area is 267 Å². The number of hydrogen-bond donors (Lipinski definition) is 2. The molecule has 13 heteroatoms. The molecule has 0 radical (unpaired) electrons. The summed E-state index contributed by atoms with van der Waals surface area (Å²) in [5, 5.41) is 5.52. The summed E-state index contributed by atoms with van der Waals surface area (Å²) in [5.41, 5.74) is 17.4. The van der Waals surface area contributed by atoms with Crippen molar-refractivity contribution in [2.75, 3.05) is 64.3 Å². The summed E-state index contributed by atoms with van der Waals surface area (Å²) >= 11 is 0. The van der Waals surface area contributed by atoms with Crippen molar-refractivity contribution in [1.29, 1.82) is 0 Å². The molecule has 0 saturated carbocycles. The van der Waals surface area contributed by atoms with Gasteiger partial charge in [-0.15, -0.1) is 0 Å². The Balaban J connectivity index is 1.05. The Morgan fingerprint density at radius 2 is 1.50 bits per heavy atom. The number of nitrogens with zero attached hydrogens (tertiary/aromatic N) is 5. The molecule has 244 valence electrons. The summed E-state index contributed by atoms with van der Waals surface area (Å²) in [6.45, 7) is 6.84. The van der Waals surface area contributed by atoms with E-state index in [2.05, 4.69) is 21.9 Å². The average molecular weight is 632 g/mol. The SMILES string of the molecule is CCCOCCOCCOCCOCCC(=O)CCc1ccc(Cn2nc(-c3ccc4oc(N)nc4c3)c3c(N)ncnc32)cc1. The van der Waals surface area contributed by atoms with Crippen LogP contribution in [0.3, 0.4) is 0 Å². The minimum Gasteiger partial charge on any atom is -0.424 e. The van der Waals surface area contributed by atoms with Crippen LogP contribution in [0.5, 0.6) is 0 Å². The van der Waals surface area contributed by atoms with Crippen molar-refractivity contribution in [3.05, 3.63) is 59.9 Å². The highest BCUT2D eigenvalue weighted by Crippen LogP contribution is 2.32. The van der Waals surface area contributed by atoms with Crippen LogP contribution >= 0.6 is 0 Å². The van der Waals surface area contributed by atoms with Gasteiger partial charge < -0.3 is 34.8 Å². The van der Waals surface area contributed by atoms with E-state index in [4.69, 9.17) is 39.9 Å². The molecule has 2 aromatic carbocycles. The molecule has 0 atom stereocenters. The van der Waals surface area contributed by atoms with Crippen LogP contribution in [0.1, 0.15) is 37.3 Å². The third-order valence-corrected chi connectivity index (χ3v) is 7.27. The van der Waals surface area contributed by atoms with Gasteiger partial charge in [0.05, 0.1) is 58.2 Å². The molecule has 0 aliphatic rings. The van der Waals surface area contributed by atoms with Crippen molar-refractivity contribution in [2.24, 2.45) is 0 Å². The summed E-state index contributed by atoms with van der Waals surface area (Å²) in [6.07, 6.45) is 3.95. The second-order valence-corrected chi connectivity index (χ2v) is 10.8. The van der Waals surface area contributed by atoms with Crippen LogP contribution in [-0.4, -0.2) is 83.4 Å². The molecular formula is C33H41N7O6. The van der Waals surface area contributed by atoms with Gasteiger partial charge in [-0.1, -0.05) is 31.2 Å². The largest absolute Gasteiger partial charge is 0.424 e. The molecule has 3 aromatic heterocycles. The summed E-state index contributed by atoms with van der Waals surface area (Å²) in [4.78, 5) is 25.3. The third kappa shape index (κ3) is 9.07.